The van der Waals surface area contributed by atoms with Crippen molar-refractivity contribution in [3.05, 3.63) is 98.6 Å². The number of ether oxygens (including phenoxy) is 1. The quantitative estimate of drug-likeness (QED) is 0.150. The van der Waals surface area contributed by atoms with E-state index in [1.54, 1.807) is 31.2 Å². The van der Waals surface area contributed by atoms with Crippen LogP contribution in [0.25, 0.3) is 0 Å². The summed E-state index contributed by atoms with van der Waals surface area (Å²) in [5.41, 5.74) is 3.56. The number of nitro groups is 1. The fourth-order valence-corrected chi connectivity index (χ4v) is 7.40. The zero-order valence-electron chi connectivity index (χ0n) is 19.4. The monoisotopic (exact) mass is 542 g/mol. The average Bonchev–Trinajstić information content (AvgIpc) is 3.20. The lowest BCUT2D eigenvalue weighted by Gasteiger charge is -2.38. The Hall–Kier alpha value is -2.74. The minimum absolute atomic E-state index is 0.0224. The second kappa shape index (κ2) is 10.3. The van der Waals surface area contributed by atoms with E-state index in [1.807, 2.05) is 36.4 Å². The van der Waals surface area contributed by atoms with Gasteiger partial charge in [0.25, 0.3) is 5.69 Å². The summed E-state index contributed by atoms with van der Waals surface area (Å²) in [5.74, 6) is -0.316. The molecule has 1 aliphatic heterocycles. The Labute approximate surface area is 223 Å². The Balaban J connectivity index is 1.54. The second-order valence-electron chi connectivity index (χ2n) is 8.95. The van der Waals surface area contributed by atoms with E-state index in [0.29, 0.717) is 22.1 Å². The van der Waals surface area contributed by atoms with Gasteiger partial charge in [-0.25, -0.2) is 4.79 Å². The van der Waals surface area contributed by atoms with Gasteiger partial charge in [-0.1, -0.05) is 35.9 Å². The Kier molecular flexibility index (Phi) is 7.15. The fraction of sp³-hybridized carbons (Fsp3) is 0.296. The lowest BCUT2D eigenvalue weighted by molar-refractivity contribution is -0.387. The molecule has 0 spiro atoms. The summed E-state index contributed by atoms with van der Waals surface area (Å²) < 4.78 is 5.22. The highest BCUT2D eigenvalue weighted by atomic mass is 35.5. The van der Waals surface area contributed by atoms with E-state index in [-0.39, 0.29) is 45.1 Å². The molecule has 0 bridgehead atoms. The molecule has 9 heteroatoms. The standard InChI is InChI=1S/C27H24Cl2N2O4S/c1-2-35-27(32)16-9-12-20-18(13-16)24-19(26(30-20)15-7-10-17(28)11-8-15)14-23(25(24)29)36-22-6-4-3-5-21(22)31(33)34/h3-13,19,23-26,30H,2,14H2,1H3/t19-,23-,24+,25-,26+/m1/s1. The minimum Gasteiger partial charge on any atom is -0.462 e. The predicted octanol–water partition coefficient (Wildman–Crippen LogP) is 7.46. The van der Waals surface area contributed by atoms with Gasteiger partial charge in [-0.15, -0.1) is 23.4 Å². The molecule has 5 rings (SSSR count). The number of nitro benzene ring substituents is 1. The number of halogens is 2. The van der Waals surface area contributed by atoms with E-state index in [1.165, 1.54) is 17.8 Å². The highest BCUT2D eigenvalue weighted by Crippen LogP contribution is 2.58. The average molecular weight is 543 g/mol. The zero-order chi connectivity index (χ0) is 25.4. The van der Waals surface area contributed by atoms with Crippen molar-refractivity contribution in [1.82, 2.24) is 0 Å². The zero-order valence-corrected chi connectivity index (χ0v) is 21.7. The smallest absolute Gasteiger partial charge is 0.338 e. The molecule has 3 aromatic carbocycles. The third kappa shape index (κ3) is 4.67. The Morgan fingerprint density at radius 2 is 1.92 bits per heavy atom. The summed E-state index contributed by atoms with van der Waals surface area (Å²) in [6.07, 6.45) is 0.749. The Morgan fingerprint density at radius 3 is 2.64 bits per heavy atom. The molecular weight excluding hydrogens is 519 g/mol. The first-order valence-electron chi connectivity index (χ1n) is 11.7. The van der Waals surface area contributed by atoms with Crippen molar-refractivity contribution in [3.63, 3.8) is 0 Å². The number of para-hydroxylation sites is 1. The maximum Gasteiger partial charge on any atom is 0.338 e. The van der Waals surface area contributed by atoms with Gasteiger partial charge in [-0.2, -0.15) is 0 Å². The van der Waals surface area contributed by atoms with E-state index in [2.05, 4.69) is 5.32 Å². The largest absolute Gasteiger partial charge is 0.462 e. The van der Waals surface area contributed by atoms with Gasteiger partial charge in [-0.3, -0.25) is 10.1 Å². The van der Waals surface area contributed by atoms with Crippen LogP contribution in [0.4, 0.5) is 11.4 Å². The number of carbonyl (C=O) groups excluding carboxylic acids is 1. The van der Waals surface area contributed by atoms with Crippen LogP contribution in [-0.2, 0) is 4.74 Å². The number of hydrogen-bond acceptors (Lipinski definition) is 6. The summed E-state index contributed by atoms with van der Waals surface area (Å²) in [7, 11) is 0. The summed E-state index contributed by atoms with van der Waals surface area (Å²) in [6, 6.07) is 20.1. The topological polar surface area (TPSA) is 81.5 Å². The van der Waals surface area contributed by atoms with Crippen molar-refractivity contribution >= 4 is 52.3 Å². The molecule has 6 nitrogen and oxygen atoms in total. The summed E-state index contributed by atoms with van der Waals surface area (Å²) in [4.78, 5) is 24.3. The van der Waals surface area contributed by atoms with Gasteiger partial charge in [0, 0.05) is 27.9 Å². The van der Waals surface area contributed by atoms with Crippen LogP contribution >= 0.6 is 35.0 Å². The first kappa shape index (κ1) is 24.9. The first-order chi connectivity index (χ1) is 17.4. The van der Waals surface area contributed by atoms with Gasteiger partial charge in [0.2, 0.25) is 0 Å². The SMILES string of the molecule is CCOC(=O)c1ccc2c(c1)[C@@H]1[C@H](Cl)[C@H](Sc3ccccc3[N+](=O)[O-])C[C@H]1[C@H](c1ccc(Cl)cc1)N2. The van der Waals surface area contributed by atoms with Crippen LogP contribution < -0.4 is 5.32 Å². The highest BCUT2D eigenvalue weighted by molar-refractivity contribution is 8.00. The molecule has 0 saturated heterocycles. The number of hydrogen-bond donors (Lipinski definition) is 1. The third-order valence-electron chi connectivity index (χ3n) is 6.89. The van der Waals surface area contributed by atoms with Gasteiger partial charge < -0.3 is 10.1 Å². The molecule has 1 fully saturated rings. The van der Waals surface area contributed by atoms with E-state index >= 15 is 0 Å². The molecule has 0 amide bonds. The molecule has 2 aliphatic rings. The number of anilines is 1. The van der Waals surface area contributed by atoms with E-state index in [9.17, 15) is 14.9 Å². The molecule has 0 unspecified atom stereocenters. The van der Waals surface area contributed by atoms with E-state index < -0.39 is 0 Å². The van der Waals surface area contributed by atoms with E-state index in [4.69, 9.17) is 27.9 Å². The van der Waals surface area contributed by atoms with Crippen LogP contribution in [0.3, 0.4) is 0 Å². The fourth-order valence-electron chi connectivity index (χ4n) is 5.33. The summed E-state index contributed by atoms with van der Waals surface area (Å²) >= 11 is 14.8. The van der Waals surface area contributed by atoms with Gasteiger partial charge >= 0.3 is 5.97 Å². The van der Waals surface area contributed by atoms with Crippen LogP contribution in [-0.4, -0.2) is 28.1 Å². The van der Waals surface area contributed by atoms with Crippen molar-refractivity contribution in [2.24, 2.45) is 5.92 Å². The molecule has 3 aromatic rings. The Morgan fingerprint density at radius 1 is 1.17 bits per heavy atom. The lowest BCUT2D eigenvalue weighted by atomic mass is 9.77. The number of nitrogens with zero attached hydrogens (tertiary/aromatic N) is 1. The maximum absolute atomic E-state index is 12.5. The van der Waals surface area contributed by atoms with Crippen molar-refractivity contribution < 1.29 is 14.5 Å². The number of thioether (sulfide) groups is 1. The van der Waals surface area contributed by atoms with Gasteiger partial charge in [0.1, 0.15) is 0 Å². The van der Waals surface area contributed by atoms with Gasteiger partial charge in [-0.05, 0) is 66.8 Å². The number of alkyl halides is 1. The van der Waals surface area contributed by atoms with Gasteiger partial charge in [0.15, 0.2) is 0 Å². The van der Waals surface area contributed by atoms with Crippen LogP contribution in [0.1, 0.15) is 46.8 Å². The molecule has 1 heterocycles. The normalized spacial score (nSPS) is 24.4. The molecular formula is C27H24Cl2N2O4S. The molecule has 0 aromatic heterocycles. The van der Waals surface area contributed by atoms with Crippen molar-refractivity contribution in [1.29, 1.82) is 0 Å². The molecule has 1 N–H and O–H groups in total. The number of rotatable bonds is 6. The lowest BCUT2D eigenvalue weighted by Crippen LogP contribution is -2.31. The molecule has 1 saturated carbocycles. The number of benzene rings is 3. The van der Waals surface area contributed by atoms with Crippen molar-refractivity contribution in [3.8, 4) is 0 Å². The minimum atomic E-state index is -0.369. The van der Waals surface area contributed by atoms with Crippen molar-refractivity contribution in [2.75, 3.05) is 11.9 Å². The van der Waals surface area contributed by atoms with Crippen LogP contribution in [0.5, 0.6) is 0 Å². The van der Waals surface area contributed by atoms with Crippen LogP contribution in [0, 0.1) is 16.0 Å². The molecule has 186 valence electrons. The highest BCUT2D eigenvalue weighted by Gasteiger charge is 2.50. The summed E-state index contributed by atoms with van der Waals surface area (Å²) in [5, 5.41) is 15.6. The number of carbonyl (C=O) groups is 1. The molecule has 5 atom stereocenters. The number of nitrogens with one attached hydrogen (secondary N) is 1. The third-order valence-corrected chi connectivity index (χ3v) is 9.26. The molecule has 0 radical (unpaired) electrons. The first-order valence-corrected chi connectivity index (χ1v) is 13.4. The van der Waals surface area contributed by atoms with Crippen LogP contribution in [0.2, 0.25) is 5.02 Å². The Bertz CT molecular complexity index is 1300. The molecule has 1 aliphatic carbocycles. The van der Waals surface area contributed by atoms with Crippen LogP contribution in [0.15, 0.2) is 71.6 Å². The van der Waals surface area contributed by atoms with Crippen molar-refractivity contribution in [2.45, 2.75) is 40.8 Å². The number of fused-ring (bicyclic) bond motifs is 3. The molecule has 36 heavy (non-hydrogen) atoms. The van der Waals surface area contributed by atoms with Gasteiger partial charge in [0.05, 0.1) is 33.4 Å². The van der Waals surface area contributed by atoms with E-state index in [0.717, 1.165) is 23.2 Å². The predicted molar refractivity (Wildman–Crippen MR) is 143 cm³/mol. The number of esters is 1. The maximum atomic E-state index is 12.5. The summed E-state index contributed by atoms with van der Waals surface area (Å²) in [6.45, 7) is 2.08. The second-order valence-corrected chi connectivity index (χ2v) is 11.2.